The van der Waals surface area contributed by atoms with E-state index in [1.54, 1.807) is 0 Å². The molecule has 4 aromatic rings. The van der Waals surface area contributed by atoms with Gasteiger partial charge in [-0.3, -0.25) is 14.6 Å². The van der Waals surface area contributed by atoms with Crippen LogP contribution in [0, 0.1) is 11.8 Å². The maximum Gasteiger partial charge on any atom is 0.167 e. The van der Waals surface area contributed by atoms with Crippen LogP contribution in [0.3, 0.4) is 0 Å². The minimum absolute atomic E-state index is 0.0713. The number of piperazine rings is 2. The van der Waals surface area contributed by atoms with Crippen molar-refractivity contribution in [3.05, 3.63) is 96.1 Å². The molecule has 2 atom stereocenters. The van der Waals surface area contributed by atoms with Gasteiger partial charge in [0.25, 0.3) is 0 Å². The molecule has 4 N–H and O–H groups in total. The summed E-state index contributed by atoms with van der Waals surface area (Å²) < 4.78 is 0. The van der Waals surface area contributed by atoms with Gasteiger partial charge in [0.05, 0.1) is 23.5 Å². The number of nitrogen functional groups attached to an aromatic ring is 2. The third-order valence-corrected chi connectivity index (χ3v) is 13.4. The van der Waals surface area contributed by atoms with Crippen molar-refractivity contribution in [3.8, 4) is 22.5 Å². The second kappa shape index (κ2) is 18.4. The molecule has 9 nitrogen and oxygen atoms in total. The number of nitrogens with zero attached hydrogens (tertiary/aromatic N) is 6. The van der Waals surface area contributed by atoms with Crippen LogP contribution in [0.25, 0.3) is 22.5 Å². The van der Waals surface area contributed by atoms with E-state index in [4.69, 9.17) is 11.5 Å². The Kier molecular flexibility index (Phi) is 12.7. The molecule has 4 heterocycles. The quantitative estimate of drug-likeness (QED) is 0.146. The summed E-state index contributed by atoms with van der Waals surface area (Å²) in [5.74, 6) is 2.68. The molecule has 4 aliphatic rings. The van der Waals surface area contributed by atoms with Gasteiger partial charge >= 0.3 is 0 Å². The Morgan fingerprint density at radius 3 is 1.27 bits per heavy atom. The standard InChI is InChI=1S/C47H62N8O/c48-43-13-5-11-41(50-43)37-19-15-35(16-20-37)23-25-52-27-31-54(32-28-52)45(39-7-1-2-8-39)47(56)46(40-9-3-4-10-40)55-33-29-53(30-34-55)26-24-36-17-21-38(22-18-36)42-12-6-14-44(49)51-42/h5-6,11-22,39-40,45-46H,1-4,7-10,23-34H2,(H2,48,50)(H2,49,51). The highest BCUT2D eigenvalue weighted by atomic mass is 16.1. The van der Waals surface area contributed by atoms with Crippen LogP contribution in [0.2, 0.25) is 0 Å². The van der Waals surface area contributed by atoms with E-state index >= 15 is 4.79 Å². The lowest BCUT2D eigenvalue weighted by molar-refractivity contribution is -0.135. The molecule has 0 bridgehead atoms. The number of Topliss-reactive ketones (excluding diaryl/α,β-unsaturated/α-hetero) is 1. The minimum atomic E-state index is 0.0713. The van der Waals surface area contributed by atoms with Crippen molar-refractivity contribution in [1.29, 1.82) is 0 Å². The summed E-state index contributed by atoms with van der Waals surface area (Å²) in [6, 6.07) is 29.3. The van der Waals surface area contributed by atoms with Crippen LogP contribution in [0.15, 0.2) is 84.9 Å². The lowest BCUT2D eigenvalue weighted by Crippen LogP contribution is -2.62. The van der Waals surface area contributed by atoms with Gasteiger partial charge in [-0.15, -0.1) is 0 Å². The smallest absolute Gasteiger partial charge is 0.167 e. The van der Waals surface area contributed by atoms with Crippen molar-refractivity contribution >= 4 is 17.4 Å². The normalized spacial score (nSPS) is 20.7. The van der Waals surface area contributed by atoms with Crippen LogP contribution in [0.4, 0.5) is 11.6 Å². The molecule has 0 radical (unpaired) electrons. The molecule has 2 aliphatic carbocycles. The predicted molar refractivity (Wildman–Crippen MR) is 228 cm³/mol. The Balaban J connectivity index is 0.856. The number of pyridine rings is 2. The Morgan fingerprint density at radius 1 is 0.536 bits per heavy atom. The Hall–Kier alpha value is -4.15. The van der Waals surface area contributed by atoms with Crippen LogP contribution in [0.1, 0.15) is 62.5 Å². The molecule has 2 unspecified atom stereocenters. The highest BCUT2D eigenvalue weighted by Gasteiger charge is 2.44. The summed E-state index contributed by atoms with van der Waals surface area (Å²) in [4.78, 5) is 34.6. The number of nitrogens with two attached hydrogens (primary N) is 2. The molecule has 0 amide bonds. The Morgan fingerprint density at radius 2 is 0.911 bits per heavy atom. The van der Waals surface area contributed by atoms with Gasteiger partial charge in [0.1, 0.15) is 11.6 Å². The largest absolute Gasteiger partial charge is 0.384 e. The lowest BCUT2D eigenvalue weighted by atomic mass is 9.83. The first kappa shape index (κ1) is 38.7. The summed E-state index contributed by atoms with van der Waals surface area (Å²) in [5, 5.41) is 0. The molecule has 0 spiro atoms. The molecule has 8 rings (SSSR count). The fourth-order valence-electron chi connectivity index (χ4n) is 10.2. The minimum Gasteiger partial charge on any atom is -0.384 e. The van der Waals surface area contributed by atoms with Crippen LogP contribution in [-0.2, 0) is 17.6 Å². The number of anilines is 2. The topological polar surface area (TPSA) is 108 Å². The zero-order chi connectivity index (χ0) is 38.3. The number of carbonyl (C=O) groups is 1. The number of carbonyl (C=O) groups excluding carboxylic acids is 1. The molecule has 4 fully saturated rings. The average molecular weight is 755 g/mol. The summed E-state index contributed by atoms with van der Waals surface area (Å²) >= 11 is 0. The molecule has 2 aromatic carbocycles. The van der Waals surface area contributed by atoms with E-state index in [9.17, 15) is 0 Å². The fourth-order valence-corrected chi connectivity index (χ4v) is 10.2. The van der Waals surface area contributed by atoms with Crippen molar-refractivity contribution in [2.24, 2.45) is 11.8 Å². The maximum absolute atomic E-state index is 15.2. The zero-order valence-electron chi connectivity index (χ0n) is 33.3. The zero-order valence-corrected chi connectivity index (χ0v) is 33.3. The van der Waals surface area contributed by atoms with E-state index in [1.807, 2.05) is 36.4 Å². The van der Waals surface area contributed by atoms with Crippen LogP contribution in [-0.4, -0.2) is 113 Å². The first-order valence-corrected chi connectivity index (χ1v) is 21.6. The Bertz CT molecular complexity index is 1720. The summed E-state index contributed by atoms with van der Waals surface area (Å²) in [7, 11) is 0. The SMILES string of the molecule is Nc1cccc(-c2ccc(CCN3CCN(C(C(=O)C(C4CCCC4)N4CCN(CCc5ccc(-c6cccc(N)n6)cc5)CC4)C4CCCC4)CC3)cc2)n1. The van der Waals surface area contributed by atoms with Gasteiger partial charge in [-0.25, -0.2) is 9.97 Å². The highest BCUT2D eigenvalue weighted by Crippen LogP contribution is 2.37. The number of aromatic nitrogens is 2. The second-order valence-corrected chi connectivity index (χ2v) is 16.9. The lowest BCUT2D eigenvalue weighted by Gasteiger charge is -2.46. The summed E-state index contributed by atoms with van der Waals surface area (Å²) in [6.07, 6.45) is 12.0. The van der Waals surface area contributed by atoms with E-state index in [-0.39, 0.29) is 12.1 Å². The van der Waals surface area contributed by atoms with Crippen LogP contribution in [0.5, 0.6) is 0 Å². The van der Waals surface area contributed by atoms with E-state index in [0.29, 0.717) is 29.3 Å². The van der Waals surface area contributed by atoms with Crippen molar-refractivity contribution in [2.75, 3.05) is 76.9 Å². The number of hydrogen-bond donors (Lipinski definition) is 2. The number of hydrogen-bond acceptors (Lipinski definition) is 9. The van der Waals surface area contributed by atoms with Gasteiger partial charge < -0.3 is 21.3 Å². The first-order chi connectivity index (χ1) is 27.5. The second-order valence-electron chi connectivity index (χ2n) is 16.9. The Labute approximate surface area is 334 Å². The highest BCUT2D eigenvalue weighted by molar-refractivity contribution is 5.90. The van der Waals surface area contributed by atoms with Crippen LogP contribution < -0.4 is 11.5 Å². The van der Waals surface area contributed by atoms with Gasteiger partial charge in [0.15, 0.2) is 5.78 Å². The molecular formula is C47H62N8O. The van der Waals surface area contributed by atoms with Gasteiger partial charge in [-0.1, -0.05) is 86.3 Å². The predicted octanol–water partition coefficient (Wildman–Crippen LogP) is 6.68. The van der Waals surface area contributed by atoms with Gasteiger partial charge in [-0.05, 0) is 85.8 Å². The fraction of sp³-hybridized carbons (Fsp3) is 0.511. The average Bonchev–Trinajstić information content (AvgIpc) is 3.97. The molecule has 56 heavy (non-hydrogen) atoms. The van der Waals surface area contributed by atoms with Crippen molar-refractivity contribution in [3.63, 3.8) is 0 Å². The van der Waals surface area contributed by atoms with Gasteiger partial charge in [0, 0.05) is 76.6 Å². The molecule has 2 saturated heterocycles. The molecule has 9 heteroatoms. The summed E-state index contributed by atoms with van der Waals surface area (Å²) in [5.41, 5.74) is 18.6. The third-order valence-electron chi connectivity index (χ3n) is 13.4. The van der Waals surface area contributed by atoms with Gasteiger partial charge in [-0.2, -0.15) is 0 Å². The van der Waals surface area contributed by atoms with E-state index in [0.717, 1.165) is 101 Å². The van der Waals surface area contributed by atoms with Gasteiger partial charge in [0.2, 0.25) is 0 Å². The number of ketones is 1. The van der Waals surface area contributed by atoms with Crippen molar-refractivity contribution < 1.29 is 4.79 Å². The molecule has 2 saturated carbocycles. The van der Waals surface area contributed by atoms with Crippen LogP contribution >= 0.6 is 0 Å². The number of rotatable bonds is 14. The first-order valence-electron chi connectivity index (χ1n) is 21.6. The number of benzene rings is 2. The molecular weight excluding hydrogens is 693 g/mol. The summed E-state index contributed by atoms with van der Waals surface area (Å²) in [6.45, 7) is 10.2. The molecule has 2 aliphatic heterocycles. The maximum atomic E-state index is 15.2. The molecule has 296 valence electrons. The van der Waals surface area contributed by atoms with Crippen molar-refractivity contribution in [2.45, 2.75) is 76.3 Å². The van der Waals surface area contributed by atoms with E-state index in [2.05, 4.69) is 78.1 Å². The van der Waals surface area contributed by atoms with E-state index < -0.39 is 0 Å². The third kappa shape index (κ3) is 9.51. The van der Waals surface area contributed by atoms with E-state index in [1.165, 1.54) is 62.5 Å². The van der Waals surface area contributed by atoms with Crippen molar-refractivity contribution in [1.82, 2.24) is 29.6 Å². The monoisotopic (exact) mass is 755 g/mol. The molecule has 2 aromatic heterocycles.